The van der Waals surface area contributed by atoms with E-state index in [0.29, 0.717) is 65.8 Å². The van der Waals surface area contributed by atoms with Crippen LogP contribution in [0.1, 0.15) is 23.5 Å². The van der Waals surface area contributed by atoms with Gasteiger partial charge in [-0.3, -0.25) is 0 Å². The van der Waals surface area contributed by atoms with Gasteiger partial charge in [0, 0.05) is 19.1 Å². The van der Waals surface area contributed by atoms with Gasteiger partial charge in [0.15, 0.2) is 8.32 Å². The van der Waals surface area contributed by atoms with E-state index in [1.165, 1.54) is 22.3 Å². The molecule has 35 heavy (non-hydrogen) atoms. The molecule has 192 valence electrons. The lowest BCUT2D eigenvalue weighted by Crippen LogP contribution is -2.27. The Labute approximate surface area is 210 Å². The van der Waals surface area contributed by atoms with Crippen molar-refractivity contribution in [1.82, 2.24) is 5.32 Å². The van der Waals surface area contributed by atoms with Crippen LogP contribution < -0.4 is 5.32 Å². The molecule has 1 aliphatic carbocycles. The van der Waals surface area contributed by atoms with Crippen molar-refractivity contribution in [1.29, 1.82) is 0 Å². The van der Waals surface area contributed by atoms with Crippen LogP contribution >= 0.6 is 0 Å². The third kappa shape index (κ3) is 9.38. The van der Waals surface area contributed by atoms with Crippen molar-refractivity contribution in [2.45, 2.75) is 32.0 Å². The Kier molecular flexibility index (Phi) is 11.2. The van der Waals surface area contributed by atoms with Crippen LogP contribution in [0.2, 0.25) is 19.6 Å². The Balaban J connectivity index is 1.17. The van der Waals surface area contributed by atoms with Crippen LogP contribution in [0.15, 0.2) is 48.5 Å². The number of hydrogen-bond donors (Lipinski definition) is 1. The summed E-state index contributed by atoms with van der Waals surface area (Å²) in [6.45, 7) is 11.2. The van der Waals surface area contributed by atoms with E-state index in [0.717, 1.165) is 0 Å². The predicted octanol–water partition coefficient (Wildman–Crippen LogP) is 4.82. The van der Waals surface area contributed by atoms with Crippen LogP contribution in [0.4, 0.5) is 4.79 Å². The fourth-order valence-corrected chi connectivity index (χ4v) is 4.66. The van der Waals surface area contributed by atoms with Gasteiger partial charge >= 0.3 is 6.09 Å². The van der Waals surface area contributed by atoms with Crippen molar-refractivity contribution < 1.29 is 28.2 Å². The van der Waals surface area contributed by atoms with Crippen LogP contribution in [0, 0.1) is 0 Å². The number of amides is 1. The van der Waals surface area contributed by atoms with E-state index in [4.69, 9.17) is 23.4 Å². The summed E-state index contributed by atoms with van der Waals surface area (Å²) >= 11 is 0. The van der Waals surface area contributed by atoms with Crippen molar-refractivity contribution in [2.75, 3.05) is 59.4 Å². The van der Waals surface area contributed by atoms with Gasteiger partial charge in [-0.1, -0.05) is 48.5 Å². The van der Waals surface area contributed by atoms with Gasteiger partial charge in [0.25, 0.3) is 0 Å². The molecule has 1 N–H and O–H groups in total. The zero-order valence-electron chi connectivity index (χ0n) is 21.2. The number of alkyl carbamates (subject to hydrolysis) is 1. The summed E-state index contributed by atoms with van der Waals surface area (Å²) in [4.78, 5) is 12.2. The van der Waals surface area contributed by atoms with Crippen LogP contribution in [0.25, 0.3) is 11.1 Å². The molecule has 7 nitrogen and oxygen atoms in total. The van der Waals surface area contributed by atoms with Gasteiger partial charge in [-0.25, -0.2) is 4.79 Å². The zero-order chi connectivity index (χ0) is 24.9. The average molecular weight is 502 g/mol. The maximum Gasteiger partial charge on any atom is 0.407 e. The van der Waals surface area contributed by atoms with Gasteiger partial charge in [0.2, 0.25) is 0 Å². The highest BCUT2D eigenvalue weighted by molar-refractivity contribution is 6.69. The molecule has 1 aliphatic rings. The van der Waals surface area contributed by atoms with Crippen LogP contribution in [0.5, 0.6) is 0 Å². The zero-order valence-corrected chi connectivity index (χ0v) is 22.2. The van der Waals surface area contributed by atoms with Crippen molar-refractivity contribution in [3.05, 3.63) is 59.7 Å². The molecule has 0 unspecified atom stereocenters. The Morgan fingerprint density at radius 3 is 1.86 bits per heavy atom. The molecule has 0 fully saturated rings. The van der Waals surface area contributed by atoms with Gasteiger partial charge < -0.3 is 28.7 Å². The van der Waals surface area contributed by atoms with E-state index >= 15 is 0 Å². The third-order valence-electron chi connectivity index (χ3n) is 5.59. The van der Waals surface area contributed by atoms with Gasteiger partial charge in [-0.15, -0.1) is 0 Å². The minimum Gasteiger partial charge on any atom is -0.449 e. The Hall–Kier alpha value is -2.23. The first-order valence-electron chi connectivity index (χ1n) is 12.4. The van der Waals surface area contributed by atoms with E-state index in [1.807, 2.05) is 24.3 Å². The largest absolute Gasteiger partial charge is 0.449 e. The van der Waals surface area contributed by atoms with Crippen LogP contribution in [-0.2, 0) is 23.4 Å². The van der Waals surface area contributed by atoms with E-state index in [9.17, 15) is 4.79 Å². The molecule has 3 rings (SSSR count). The fourth-order valence-electron chi connectivity index (χ4n) is 3.96. The first kappa shape index (κ1) is 27.4. The van der Waals surface area contributed by atoms with Crippen LogP contribution in [-0.4, -0.2) is 73.8 Å². The number of carbonyl (C=O) groups excluding carboxylic acids is 1. The SMILES string of the molecule is C[Si](C)(C)OCCOCCOCCOCCCNC(=O)OCC1c2ccccc2-c2ccccc21. The molecule has 0 aliphatic heterocycles. The number of fused-ring (bicyclic) bond motifs is 3. The highest BCUT2D eigenvalue weighted by atomic mass is 28.4. The summed E-state index contributed by atoms with van der Waals surface area (Å²) < 4.78 is 27.8. The lowest BCUT2D eigenvalue weighted by molar-refractivity contribution is 0.00860. The molecule has 0 atom stereocenters. The molecular weight excluding hydrogens is 462 g/mol. The number of ether oxygens (including phenoxy) is 4. The summed E-state index contributed by atoms with van der Waals surface area (Å²) in [5, 5.41) is 2.80. The quantitative estimate of drug-likeness (QED) is 0.263. The minimum atomic E-state index is -1.46. The average Bonchev–Trinajstić information content (AvgIpc) is 3.16. The van der Waals surface area contributed by atoms with Gasteiger partial charge in [0.1, 0.15) is 6.61 Å². The number of nitrogens with one attached hydrogen (secondary N) is 1. The molecule has 2 aromatic rings. The molecule has 0 saturated heterocycles. The van der Waals surface area contributed by atoms with Gasteiger partial charge in [-0.05, 0) is 48.3 Å². The van der Waals surface area contributed by atoms with E-state index in [-0.39, 0.29) is 5.92 Å². The molecule has 8 heteroatoms. The molecule has 0 bridgehead atoms. The van der Waals surface area contributed by atoms with Gasteiger partial charge in [0.05, 0.1) is 39.6 Å². The molecule has 0 radical (unpaired) electrons. The molecular formula is C27H39NO6Si. The Morgan fingerprint density at radius 2 is 1.29 bits per heavy atom. The molecule has 1 amide bonds. The Morgan fingerprint density at radius 1 is 0.771 bits per heavy atom. The maximum atomic E-state index is 12.2. The molecule has 0 spiro atoms. The standard InChI is InChI=1S/C27H39NO6Si/c1-35(2,3)34-20-19-32-18-17-31-16-15-30-14-8-13-28-27(29)33-21-26-24-11-6-4-9-22(24)23-10-5-7-12-25(23)26/h4-7,9-12,26H,8,13-21H2,1-3H3,(H,28,29). The van der Waals surface area contributed by atoms with Crippen molar-refractivity contribution >= 4 is 14.4 Å². The van der Waals surface area contributed by atoms with Crippen molar-refractivity contribution in [2.24, 2.45) is 0 Å². The smallest absolute Gasteiger partial charge is 0.407 e. The first-order chi connectivity index (χ1) is 17.0. The molecule has 0 heterocycles. The van der Waals surface area contributed by atoms with Crippen LogP contribution in [0.3, 0.4) is 0 Å². The second-order valence-corrected chi connectivity index (χ2v) is 13.9. The van der Waals surface area contributed by atoms with Crippen molar-refractivity contribution in [3.63, 3.8) is 0 Å². The summed E-state index contributed by atoms with van der Waals surface area (Å²) in [6.07, 6.45) is 0.315. The number of rotatable bonds is 16. The molecule has 0 saturated carbocycles. The minimum absolute atomic E-state index is 0.0698. The predicted molar refractivity (Wildman–Crippen MR) is 139 cm³/mol. The summed E-state index contributed by atoms with van der Waals surface area (Å²) in [5.74, 6) is 0.0698. The Bertz CT molecular complexity index is 871. The monoisotopic (exact) mass is 501 g/mol. The topological polar surface area (TPSA) is 75.3 Å². The third-order valence-corrected chi connectivity index (χ3v) is 6.66. The van der Waals surface area contributed by atoms with E-state index < -0.39 is 14.4 Å². The molecule has 0 aromatic heterocycles. The van der Waals surface area contributed by atoms with E-state index in [2.05, 4.69) is 49.2 Å². The molecule has 2 aromatic carbocycles. The number of benzene rings is 2. The fraction of sp³-hybridized carbons (Fsp3) is 0.519. The summed E-state index contributed by atoms with van der Waals surface area (Å²) in [5.41, 5.74) is 4.86. The number of hydrogen-bond acceptors (Lipinski definition) is 6. The second-order valence-electron chi connectivity index (χ2n) is 9.40. The first-order valence-corrected chi connectivity index (χ1v) is 15.8. The van der Waals surface area contributed by atoms with Gasteiger partial charge in [-0.2, -0.15) is 0 Å². The summed E-state index contributed by atoms with van der Waals surface area (Å²) in [7, 11) is -1.46. The lowest BCUT2D eigenvalue weighted by Gasteiger charge is -2.16. The number of carbonyl (C=O) groups is 1. The van der Waals surface area contributed by atoms with Crippen molar-refractivity contribution in [3.8, 4) is 11.1 Å². The van der Waals surface area contributed by atoms with E-state index in [1.54, 1.807) is 0 Å². The normalized spacial score (nSPS) is 12.9. The highest BCUT2D eigenvalue weighted by Gasteiger charge is 2.28. The lowest BCUT2D eigenvalue weighted by atomic mass is 9.98. The maximum absolute atomic E-state index is 12.2. The second kappa shape index (κ2) is 14.4. The summed E-state index contributed by atoms with van der Waals surface area (Å²) in [6, 6.07) is 16.6. The highest BCUT2D eigenvalue weighted by Crippen LogP contribution is 2.44.